The van der Waals surface area contributed by atoms with Crippen molar-refractivity contribution in [2.45, 2.75) is 66.1 Å². The molecule has 0 radical (unpaired) electrons. The van der Waals surface area contributed by atoms with Gasteiger partial charge in [0, 0.05) is 25.0 Å². The van der Waals surface area contributed by atoms with Crippen molar-refractivity contribution in [1.82, 2.24) is 0 Å². The minimum absolute atomic E-state index is 0.377. The van der Waals surface area contributed by atoms with Crippen LogP contribution >= 0.6 is 0 Å². The maximum absolute atomic E-state index is 12.4. The summed E-state index contributed by atoms with van der Waals surface area (Å²) >= 11 is 0. The van der Waals surface area contributed by atoms with Gasteiger partial charge in [0.1, 0.15) is 17.1 Å². The van der Waals surface area contributed by atoms with E-state index < -0.39 is 11.8 Å². The van der Waals surface area contributed by atoms with Crippen LogP contribution < -0.4 is 9.47 Å². The third kappa shape index (κ3) is 6.79. The number of rotatable bonds is 8. The van der Waals surface area contributed by atoms with Crippen LogP contribution in [0.15, 0.2) is 42.5 Å². The van der Waals surface area contributed by atoms with Gasteiger partial charge in [-0.15, -0.1) is 0 Å². The van der Waals surface area contributed by atoms with Crippen molar-refractivity contribution in [3.63, 3.8) is 0 Å². The molecule has 32 heavy (non-hydrogen) atoms. The van der Waals surface area contributed by atoms with E-state index in [1.165, 1.54) is 19.3 Å². The molecule has 3 rings (SSSR count). The van der Waals surface area contributed by atoms with Crippen LogP contribution in [0, 0.1) is 23.7 Å². The summed E-state index contributed by atoms with van der Waals surface area (Å²) in [4.78, 5) is 12.4. The van der Waals surface area contributed by atoms with Crippen molar-refractivity contribution < 1.29 is 19.0 Å². The summed E-state index contributed by atoms with van der Waals surface area (Å²) in [5.74, 6) is 7.62. The fourth-order valence-electron chi connectivity index (χ4n) is 3.66. The highest BCUT2D eigenvalue weighted by Crippen LogP contribution is 2.33. The number of hydrogen-bond acceptors (Lipinski definition) is 4. The summed E-state index contributed by atoms with van der Waals surface area (Å²) in [6.45, 7) is 11.0. The highest BCUT2D eigenvalue weighted by atomic mass is 16.7. The Balaban J connectivity index is 1.56. The summed E-state index contributed by atoms with van der Waals surface area (Å²) in [7, 11) is 0. The Morgan fingerprint density at radius 3 is 2.41 bits per heavy atom. The monoisotopic (exact) mass is 434 g/mol. The van der Waals surface area contributed by atoms with Crippen molar-refractivity contribution in [2.75, 3.05) is 6.61 Å². The van der Waals surface area contributed by atoms with E-state index >= 15 is 0 Å². The van der Waals surface area contributed by atoms with E-state index in [0.29, 0.717) is 22.8 Å². The van der Waals surface area contributed by atoms with Gasteiger partial charge >= 0.3 is 5.97 Å². The molecule has 1 unspecified atom stereocenters. The lowest BCUT2D eigenvalue weighted by atomic mass is 9.98. The zero-order valence-electron chi connectivity index (χ0n) is 19.9. The number of cyclic esters (lactones) is 1. The zero-order valence-corrected chi connectivity index (χ0v) is 19.9. The van der Waals surface area contributed by atoms with Crippen molar-refractivity contribution in [2.24, 2.45) is 11.8 Å². The Morgan fingerprint density at radius 2 is 1.69 bits per heavy atom. The SMILES string of the molecule is CC(C)CCCC(C)CCOc1ccc(C#Cc2cccc3c2C(=O)OC(C)(C)O3)cc1. The molecule has 0 fully saturated rings. The molecule has 0 saturated heterocycles. The zero-order chi connectivity index (χ0) is 23.1. The first-order valence-corrected chi connectivity index (χ1v) is 11.5. The van der Waals surface area contributed by atoms with E-state index in [2.05, 4.69) is 32.6 Å². The molecular weight excluding hydrogens is 400 g/mol. The fraction of sp³-hybridized carbons (Fsp3) is 0.464. The van der Waals surface area contributed by atoms with Gasteiger partial charge in [0.15, 0.2) is 0 Å². The van der Waals surface area contributed by atoms with Crippen molar-refractivity contribution >= 4 is 5.97 Å². The number of ether oxygens (including phenoxy) is 3. The van der Waals surface area contributed by atoms with Crippen LogP contribution in [0.1, 0.15) is 81.8 Å². The topological polar surface area (TPSA) is 44.8 Å². The maximum atomic E-state index is 12.4. The van der Waals surface area contributed by atoms with Crippen LogP contribution in [0.4, 0.5) is 0 Å². The van der Waals surface area contributed by atoms with E-state index in [-0.39, 0.29) is 0 Å². The van der Waals surface area contributed by atoms with Gasteiger partial charge in [-0.1, -0.05) is 57.9 Å². The lowest BCUT2D eigenvalue weighted by molar-refractivity contribution is -0.127. The Bertz CT molecular complexity index is 977. The Kier molecular flexibility index (Phi) is 7.85. The van der Waals surface area contributed by atoms with Gasteiger partial charge in [0.2, 0.25) is 5.79 Å². The smallest absolute Gasteiger partial charge is 0.346 e. The normalized spacial score (nSPS) is 15.1. The minimum Gasteiger partial charge on any atom is -0.494 e. The van der Waals surface area contributed by atoms with Crippen LogP contribution in [0.3, 0.4) is 0 Å². The standard InChI is InChI=1S/C28H34O4/c1-20(2)8-6-9-21(3)18-19-30-24-16-13-22(14-17-24)12-15-23-10-7-11-25-26(23)27(29)32-28(4,5)31-25/h7,10-11,13-14,16-17,20-21H,6,8-9,18-19H2,1-5H3. The van der Waals surface area contributed by atoms with E-state index in [4.69, 9.17) is 14.2 Å². The molecule has 170 valence electrons. The Hall–Kier alpha value is -2.93. The van der Waals surface area contributed by atoms with Crippen LogP contribution in [-0.4, -0.2) is 18.4 Å². The van der Waals surface area contributed by atoms with E-state index in [1.54, 1.807) is 26.0 Å². The van der Waals surface area contributed by atoms with E-state index in [1.807, 2.05) is 30.3 Å². The molecule has 2 aromatic rings. The lowest BCUT2D eigenvalue weighted by Crippen LogP contribution is -2.39. The van der Waals surface area contributed by atoms with Crippen LogP contribution in [0.25, 0.3) is 0 Å². The molecule has 0 saturated carbocycles. The maximum Gasteiger partial charge on any atom is 0.346 e. The average Bonchev–Trinajstić information content (AvgIpc) is 2.71. The summed E-state index contributed by atoms with van der Waals surface area (Å²) < 4.78 is 17.0. The van der Waals surface area contributed by atoms with E-state index in [0.717, 1.165) is 30.3 Å². The third-order valence-electron chi connectivity index (χ3n) is 5.48. The Labute approximate surface area is 192 Å². The summed E-state index contributed by atoms with van der Waals surface area (Å²) in [5.41, 5.74) is 1.82. The van der Waals surface area contributed by atoms with Gasteiger partial charge in [-0.05, 0) is 54.7 Å². The quantitative estimate of drug-likeness (QED) is 0.347. The number of carbonyl (C=O) groups is 1. The van der Waals surface area contributed by atoms with Gasteiger partial charge < -0.3 is 14.2 Å². The van der Waals surface area contributed by atoms with Crippen LogP contribution in [0.2, 0.25) is 0 Å². The molecule has 0 aromatic heterocycles. The molecule has 1 atom stereocenters. The number of carbonyl (C=O) groups excluding carboxylic acids is 1. The van der Waals surface area contributed by atoms with Crippen LogP contribution in [-0.2, 0) is 4.74 Å². The molecular formula is C28H34O4. The van der Waals surface area contributed by atoms with Gasteiger partial charge in [-0.3, -0.25) is 0 Å². The van der Waals surface area contributed by atoms with Crippen LogP contribution in [0.5, 0.6) is 11.5 Å². The second-order valence-corrected chi connectivity index (χ2v) is 9.41. The second kappa shape index (κ2) is 10.6. The number of benzene rings is 2. The fourth-order valence-corrected chi connectivity index (χ4v) is 3.66. The van der Waals surface area contributed by atoms with Gasteiger partial charge in [-0.25, -0.2) is 4.79 Å². The third-order valence-corrected chi connectivity index (χ3v) is 5.48. The number of esters is 1. The molecule has 0 spiro atoms. The van der Waals surface area contributed by atoms with Crippen molar-refractivity contribution in [3.8, 4) is 23.3 Å². The predicted octanol–water partition coefficient (Wildman–Crippen LogP) is 6.60. The first-order valence-electron chi connectivity index (χ1n) is 11.5. The molecule has 2 aromatic carbocycles. The highest BCUT2D eigenvalue weighted by molar-refractivity contribution is 5.96. The molecule has 4 heteroatoms. The van der Waals surface area contributed by atoms with Crippen molar-refractivity contribution in [3.05, 3.63) is 59.2 Å². The van der Waals surface area contributed by atoms with Gasteiger partial charge in [0.25, 0.3) is 0 Å². The average molecular weight is 435 g/mol. The molecule has 1 heterocycles. The Morgan fingerprint density at radius 1 is 0.938 bits per heavy atom. The molecule has 1 aliphatic heterocycles. The first kappa shape index (κ1) is 23.7. The summed E-state index contributed by atoms with van der Waals surface area (Å²) in [5, 5.41) is 0. The van der Waals surface area contributed by atoms with E-state index in [9.17, 15) is 4.79 Å². The second-order valence-electron chi connectivity index (χ2n) is 9.41. The molecule has 0 N–H and O–H groups in total. The molecule has 0 aliphatic carbocycles. The predicted molar refractivity (Wildman–Crippen MR) is 127 cm³/mol. The molecule has 0 amide bonds. The number of hydrogen-bond donors (Lipinski definition) is 0. The minimum atomic E-state index is -0.974. The summed E-state index contributed by atoms with van der Waals surface area (Å²) in [6.07, 6.45) is 4.91. The molecule has 1 aliphatic rings. The highest BCUT2D eigenvalue weighted by Gasteiger charge is 2.35. The summed E-state index contributed by atoms with van der Waals surface area (Å²) in [6, 6.07) is 13.1. The van der Waals surface area contributed by atoms with Gasteiger partial charge in [0.05, 0.1) is 6.61 Å². The number of fused-ring (bicyclic) bond motifs is 1. The lowest BCUT2D eigenvalue weighted by Gasteiger charge is -2.31. The van der Waals surface area contributed by atoms with Gasteiger partial charge in [-0.2, -0.15) is 0 Å². The van der Waals surface area contributed by atoms with Crippen molar-refractivity contribution in [1.29, 1.82) is 0 Å². The molecule has 4 nitrogen and oxygen atoms in total. The largest absolute Gasteiger partial charge is 0.494 e. The molecule has 0 bridgehead atoms. The first-order chi connectivity index (χ1) is 15.2.